The highest BCUT2D eigenvalue weighted by molar-refractivity contribution is 5.95. The third-order valence-electron chi connectivity index (χ3n) is 2.05. The lowest BCUT2D eigenvalue weighted by atomic mass is 10.1. The Hall–Kier alpha value is -1.51. The average Bonchev–Trinajstić information content (AvgIpc) is 2.15. The average molecular weight is 193 g/mol. The Labute approximate surface area is 83.8 Å². The van der Waals surface area contributed by atoms with E-state index in [1.807, 2.05) is 19.9 Å². The number of rotatable bonds is 4. The van der Waals surface area contributed by atoms with E-state index in [1.165, 1.54) is 0 Å². The molecule has 0 aliphatic heterocycles. The van der Waals surface area contributed by atoms with Gasteiger partial charge in [-0.2, -0.15) is 0 Å². The maximum Gasteiger partial charge on any atom is 0.337 e. The number of hydrogen-bond donors (Lipinski definition) is 2. The van der Waals surface area contributed by atoms with Gasteiger partial charge in [0.05, 0.1) is 11.3 Å². The smallest absolute Gasteiger partial charge is 0.337 e. The second kappa shape index (κ2) is 4.65. The third kappa shape index (κ3) is 2.25. The van der Waals surface area contributed by atoms with Crippen LogP contribution in [0.2, 0.25) is 0 Å². The van der Waals surface area contributed by atoms with Crippen LogP contribution in [0.3, 0.4) is 0 Å². The van der Waals surface area contributed by atoms with Crippen molar-refractivity contribution in [1.82, 2.24) is 0 Å². The maximum absolute atomic E-state index is 10.9. The second-order valence-corrected chi connectivity index (χ2v) is 3.23. The van der Waals surface area contributed by atoms with Crippen molar-refractivity contribution < 1.29 is 9.90 Å². The summed E-state index contributed by atoms with van der Waals surface area (Å²) < 4.78 is 0. The zero-order chi connectivity index (χ0) is 10.6. The summed E-state index contributed by atoms with van der Waals surface area (Å²) in [4.78, 5) is 10.9. The third-order valence-corrected chi connectivity index (χ3v) is 2.05. The van der Waals surface area contributed by atoms with Gasteiger partial charge in [-0.15, -0.1) is 0 Å². The molecule has 0 aliphatic rings. The lowest BCUT2D eigenvalue weighted by molar-refractivity contribution is 0.0698. The van der Waals surface area contributed by atoms with Gasteiger partial charge in [0.2, 0.25) is 0 Å². The van der Waals surface area contributed by atoms with Gasteiger partial charge >= 0.3 is 5.97 Å². The summed E-state index contributed by atoms with van der Waals surface area (Å²) in [5.41, 5.74) is 2.05. The predicted molar refractivity (Wildman–Crippen MR) is 56.9 cm³/mol. The molecule has 0 saturated heterocycles. The molecule has 1 aromatic carbocycles. The van der Waals surface area contributed by atoms with E-state index in [0.29, 0.717) is 5.56 Å². The summed E-state index contributed by atoms with van der Waals surface area (Å²) in [5.74, 6) is -0.882. The first kappa shape index (κ1) is 10.6. The molecule has 14 heavy (non-hydrogen) atoms. The molecule has 0 bridgehead atoms. The van der Waals surface area contributed by atoms with E-state index in [0.717, 1.165) is 24.2 Å². The summed E-state index contributed by atoms with van der Waals surface area (Å²) in [5, 5.41) is 12.1. The number of benzene rings is 1. The fourth-order valence-corrected chi connectivity index (χ4v) is 1.33. The zero-order valence-corrected chi connectivity index (χ0v) is 8.50. The number of anilines is 1. The van der Waals surface area contributed by atoms with E-state index in [-0.39, 0.29) is 0 Å². The van der Waals surface area contributed by atoms with Crippen molar-refractivity contribution >= 4 is 11.7 Å². The normalized spacial score (nSPS) is 9.86. The van der Waals surface area contributed by atoms with Gasteiger partial charge in [0.25, 0.3) is 0 Å². The Morgan fingerprint density at radius 2 is 2.21 bits per heavy atom. The van der Waals surface area contributed by atoms with Gasteiger partial charge in [-0.3, -0.25) is 0 Å². The van der Waals surface area contributed by atoms with E-state index in [2.05, 4.69) is 5.32 Å². The van der Waals surface area contributed by atoms with Gasteiger partial charge in [-0.05, 0) is 25.0 Å². The highest BCUT2D eigenvalue weighted by Gasteiger charge is 2.10. The molecule has 0 spiro atoms. The molecule has 2 N–H and O–H groups in total. The van der Waals surface area contributed by atoms with Crippen molar-refractivity contribution in [2.75, 3.05) is 11.9 Å². The van der Waals surface area contributed by atoms with Crippen molar-refractivity contribution in [3.05, 3.63) is 29.3 Å². The zero-order valence-electron chi connectivity index (χ0n) is 8.50. The molecular formula is C11H15NO2. The van der Waals surface area contributed by atoms with Crippen LogP contribution in [0.1, 0.15) is 29.3 Å². The molecule has 0 heterocycles. The molecule has 0 amide bonds. The Bertz CT molecular complexity index is 334. The van der Waals surface area contributed by atoms with Crippen LogP contribution in [0, 0.1) is 6.92 Å². The molecule has 76 valence electrons. The van der Waals surface area contributed by atoms with Crippen LogP contribution in [0.25, 0.3) is 0 Å². The Morgan fingerprint density at radius 3 is 2.79 bits per heavy atom. The van der Waals surface area contributed by atoms with Crippen molar-refractivity contribution in [3.8, 4) is 0 Å². The van der Waals surface area contributed by atoms with E-state index in [9.17, 15) is 4.79 Å². The molecule has 0 saturated carbocycles. The molecule has 1 aromatic rings. The van der Waals surface area contributed by atoms with Crippen molar-refractivity contribution in [3.63, 3.8) is 0 Å². The Morgan fingerprint density at radius 1 is 1.50 bits per heavy atom. The first-order valence-corrected chi connectivity index (χ1v) is 4.73. The van der Waals surface area contributed by atoms with Gasteiger partial charge in [0, 0.05) is 6.54 Å². The van der Waals surface area contributed by atoms with Gasteiger partial charge in [-0.25, -0.2) is 4.79 Å². The summed E-state index contributed by atoms with van der Waals surface area (Å²) in [7, 11) is 0. The number of carbonyl (C=O) groups is 1. The largest absolute Gasteiger partial charge is 0.478 e. The van der Waals surface area contributed by atoms with Crippen LogP contribution in [0.4, 0.5) is 5.69 Å². The van der Waals surface area contributed by atoms with Gasteiger partial charge in [-0.1, -0.05) is 19.1 Å². The van der Waals surface area contributed by atoms with Crippen LogP contribution in [0.5, 0.6) is 0 Å². The van der Waals surface area contributed by atoms with Gasteiger partial charge in [0.15, 0.2) is 0 Å². The molecule has 0 aromatic heterocycles. The highest BCUT2D eigenvalue weighted by Crippen LogP contribution is 2.20. The second-order valence-electron chi connectivity index (χ2n) is 3.23. The van der Waals surface area contributed by atoms with Crippen molar-refractivity contribution in [2.45, 2.75) is 20.3 Å². The number of hydrogen-bond acceptors (Lipinski definition) is 2. The first-order valence-electron chi connectivity index (χ1n) is 4.73. The lowest BCUT2D eigenvalue weighted by Crippen LogP contribution is -2.08. The van der Waals surface area contributed by atoms with Crippen LogP contribution in [-0.2, 0) is 0 Å². The molecule has 3 nitrogen and oxygen atoms in total. The molecule has 0 fully saturated rings. The molecular weight excluding hydrogens is 178 g/mol. The standard InChI is InChI=1S/C11H15NO2/c1-3-7-12-10-8(2)5-4-6-9(10)11(13)14/h4-6,12H,3,7H2,1-2H3,(H,13,14). The predicted octanol–water partition coefficient (Wildman–Crippen LogP) is 2.52. The lowest BCUT2D eigenvalue weighted by Gasteiger charge is -2.11. The molecule has 0 radical (unpaired) electrons. The molecule has 0 aliphatic carbocycles. The van der Waals surface area contributed by atoms with Crippen LogP contribution in [-0.4, -0.2) is 17.6 Å². The number of aryl methyl sites for hydroxylation is 1. The fourth-order valence-electron chi connectivity index (χ4n) is 1.33. The van der Waals surface area contributed by atoms with E-state index in [1.54, 1.807) is 12.1 Å². The number of nitrogens with one attached hydrogen (secondary N) is 1. The molecule has 0 unspecified atom stereocenters. The maximum atomic E-state index is 10.9. The SMILES string of the molecule is CCCNc1c(C)cccc1C(=O)O. The topological polar surface area (TPSA) is 49.3 Å². The summed E-state index contributed by atoms with van der Waals surface area (Å²) in [6.07, 6.45) is 0.980. The number of carboxylic acid groups (broad SMARTS) is 1. The summed E-state index contributed by atoms with van der Waals surface area (Å²) in [6.45, 7) is 4.75. The van der Waals surface area contributed by atoms with E-state index >= 15 is 0 Å². The quantitative estimate of drug-likeness (QED) is 0.772. The molecule has 0 atom stereocenters. The Kier molecular flexibility index (Phi) is 3.51. The van der Waals surface area contributed by atoms with Gasteiger partial charge in [0.1, 0.15) is 0 Å². The van der Waals surface area contributed by atoms with Crippen LogP contribution in [0.15, 0.2) is 18.2 Å². The summed E-state index contributed by atoms with van der Waals surface area (Å²) >= 11 is 0. The minimum absolute atomic E-state index is 0.346. The van der Waals surface area contributed by atoms with E-state index < -0.39 is 5.97 Å². The number of carboxylic acids is 1. The van der Waals surface area contributed by atoms with Gasteiger partial charge < -0.3 is 10.4 Å². The fraction of sp³-hybridized carbons (Fsp3) is 0.364. The van der Waals surface area contributed by atoms with Crippen molar-refractivity contribution in [1.29, 1.82) is 0 Å². The number of aromatic carboxylic acids is 1. The Balaban J connectivity index is 3.02. The van der Waals surface area contributed by atoms with E-state index in [4.69, 9.17) is 5.11 Å². The number of para-hydroxylation sites is 1. The molecule has 1 rings (SSSR count). The monoisotopic (exact) mass is 193 g/mol. The highest BCUT2D eigenvalue weighted by atomic mass is 16.4. The van der Waals surface area contributed by atoms with Crippen molar-refractivity contribution in [2.24, 2.45) is 0 Å². The first-order chi connectivity index (χ1) is 6.66. The molecule has 3 heteroatoms. The minimum atomic E-state index is -0.882. The minimum Gasteiger partial charge on any atom is -0.478 e. The van der Waals surface area contributed by atoms with Crippen LogP contribution >= 0.6 is 0 Å². The van der Waals surface area contributed by atoms with Crippen LogP contribution < -0.4 is 5.32 Å². The summed E-state index contributed by atoms with van der Waals surface area (Å²) in [6, 6.07) is 5.29.